The Morgan fingerprint density at radius 1 is 1.61 bits per heavy atom. The van der Waals surface area contributed by atoms with Gasteiger partial charge in [0.15, 0.2) is 0 Å². The fourth-order valence-electron chi connectivity index (χ4n) is 1.49. The molecule has 0 spiro atoms. The number of amides is 1. The van der Waals surface area contributed by atoms with Crippen LogP contribution in [0.4, 0.5) is 11.5 Å². The van der Waals surface area contributed by atoms with E-state index in [9.17, 15) is 14.9 Å². The molecular formula is C10H11N5O3. The van der Waals surface area contributed by atoms with E-state index in [2.05, 4.69) is 20.5 Å². The van der Waals surface area contributed by atoms with Crippen LogP contribution >= 0.6 is 0 Å². The Kier molecular flexibility index (Phi) is 3.09. The molecule has 0 aliphatic heterocycles. The van der Waals surface area contributed by atoms with Gasteiger partial charge in [0.2, 0.25) is 0 Å². The molecule has 0 saturated heterocycles. The molecule has 2 heterocycles. The molecule has 0 aromatic carbocycles. The van der Waals surface area contributed by atoms with Gasteiger partial charge in [-0.1, -0.05) is 6.92 Å². The molecule has 94 valence electrons. The summed E-state index contributed by atoms with van der Waals surface area (Å²) >= 11 is 0. The van der Waals surface area contributed by atoms with Crippen LogP contribution in [-0.2, 0) is 6.42 Å². The SMILES string of the molecule is CCc1cn[nH]c1NC(=O)c1cc([N+](=O)[O-])c[nH]1. The number of hydrogen-bond donors (Lipinski definition) is 3. The number of aryl methyl sites for hydroxylation is 1. The van der Waals surface area contributed by atoms with Gasteiger partial charge in [0.1, 0.15) is 11.5 Å². The van der Waals surface area contributed by atoms with Crippen molar-refractivity contribution in [2.75, 3.05) is 5.32 Å². The number of carbonyl (C=O) groups is 1. The average Bonchev–Trinajstić information content (AvgIpc) is 2.96. The van der Waals surface area contributed by atoms with E-state index < -0.39 is 10.8 Å². The van der Waals surface area contributed by atoms with Gasteiger partial charge in [0.25, 0.3) is 11.6 Å². The molecule has 0 radical (unpaired) electrons. The molecule has 1 amide bonds. The highest BCUT2D eigenvalue weighted by molar-refractivity contribution is 6.03. The van der Waals surface area contributed by atoms with Gasteiger partial charge in [-0.3, -0.25) is 20.0 Å². The number of nitrogens with zero attached hydrogens (tertiary/aromatic N) is 2. The molecule has 8 nitrogen and oxygen atoms in total. The quantitative estimate of drug-likeness (QED) is 0.561. The maximum atomic E-state index is 11.8. The van der Waals surface area contributed by atoms with Crippen LogP contribution < -0.4 is 5.32 Å². The van der Waals surface area contributed by atoms with Crippen molar-refractivity contribution in [3.8, 4) is 0 Å². The number of aromatic amines is 2. The second-order valence-corrected chi connectivity index (χ2v) is 3.61. The molecule has 0 saturated carbocycles. The molecule has 0 atom stereocenters. The Morgan fingerprint density at radius 3 is 3.00 bits per heavy atom. The second-order valence-electron chi connectivity index (χ2n) is 3.61. The number of hydrogen-bond acceptors (Lipinski definition) is 4. The fraction of sp³-hybridized carbons (Fsp3) is 0.200. The first-order valence-electron chi connectivity index (χ1n) is 5.28. The zero-order chi connectivity index (χ0) is 13.1. The van der Waals surface area contributed by atoms with Crippen LogP contribution in [0.3, 0.4) is 0 Å². The molecule has 2 aromatic rings. The van der Waals surface area contributed by atoms with E-state index in [1.807, 2.05) is 6.92 Å². The summed E-state index contributed by atoms with van der Waals surface area (Å²) in [6.07, 6.45) is 3.51. The summed E-state index contributed by atoms with van der Waals surface area (Å²) in [5, 5.41) is 19.6. The minimum absolute atomic E-state index is 0.123. The molecule has 0 fully saturated rings. The Morgan fingerprint density at radius 2 is 2.39 bits per heavy atom. The lowest BCUT2D eigenvalue weighted by Crippen LogP contribution is -2.13. The summed E-state index contributed by atoms with van der Waals surface area (Å²) in [5.74, 6) is 0.0433. The normalized spacial score (nSPS) is 10.3. The fourth-order valence-corrected chi connectivity index (χ4v) is 1.49. The third kappa shape index (κ3) is 2.21. The minimum Gasteiger partial charge on any atom is -0.351 e. The third-order valence-corrected chi connectivity index (χ3v) is 2.46. The molecule has 0 bridgehead atoms. The number of nitrogens with one attached hydrogen (secondary N) is 3. The zero-order valence-corrected chi connectivity index (χ0v) is 9.56. The van der Waals surface area contributed by atoms with Crippen molar-refractivity contribution in [1.82, 2.24) is 15.2 Å². The molecular weight excluding hydrogens is 238 g/mol. The molecule has 2 rings (SSSR count). The number of nitro groups is 1. The Labute approximate surface area is 102 Å². The predicted molar refractivity (Wildman–Crippen MR) is 63.4 cm³/mol. The minimum atomic E-state index is -0.569. The van der Waals surface area contributed by atoms with Gasteiger partial charge in [-0.25, -0.2) is 0 Å². The van der Waals surface area contributed by atoms with Crippen LogP contribution in [0, 0.1) is 10.1 Å². The first-order chi connectivity index (χ1) is 8.61. The largest absolute Gasteiger partial charge is 0.351 e. The Hall–Kier alpha value is -2.64. The van der Waals surface area contributed by atoms with E-state index in [0.717, 1.165) is 12.0 Å². The molecule has 0 aliphatic carbocycles. The third-order valence-electron chi connectivity index (χ3n) is 2.46. The first-order valence-corrected chi connectivity index (χ1v) is 5.28. The topological polar surface area (TPSA) is 117 Å². The lowest BCUT2D eigenvalue weighted by Gasteiger charge is -2.02. The van der Waals surface area contributed by atoms with E-state index in [1.165, 1.54) is 12.3 Å². The Bertz CT molecular complexity index is 586. The van der Waals surface area contributed by atoms with Crippen molar-refractivity contribution in [3.63, 3.8) is 0 Å². The highest BCUT2D eigenvalue weighted by Gasteiger charge is 2.15. The van der Waals surface area contributed by atoms with Crippen molar-refractivity contribution in [2.24, 2.45) is 0 Å². The van der Waals surface area contributed by atoms with Gasteiger partial charge in [0.05, 0.1) is 17.3 Å². The highest BCUT2D eigenvalue weighted by atomic mass is 16.6. The summed E-state index contributed by atoms with van der Waals surface area (Å²) in [7, 11) is 0. The molecule has 3 N–H and O–H groups in total. The smallest absolute Gasteiger partial charge is 0.287 e. The van der Waals surface area contributed by atoms with Crippen molar-refractivity contribution in [1.29, 1.82) is 0 Å². The molecule has 0 aliphatic rings. The summed E-state index contributed by atoms with van der Waals surface area (Å²) in [5.41, 5.74) is 0.836. The van der Waals surface area contributed by atoms with E-state index in [0.29, 0.717) is 5.82 Å². The van der Waals surface area contributed by atoms with Crippen molar-refractivity contribution in [3.05, 3.63) is 39.8 Å². The Balaban J connectivity index is 2.14. The average molecular weight is 249 g/mol. The summed E-state index contributed by atoms with van der Waals surface area (Å²) in [4.78, 5) is 24.3. The van der Waals surface area contributed by atoms with Crippen molar-refractivity contribution < 1.29 is 9.72 Å². The van der Waals surface area contributed by atoms with Crippen LogP contribution in [0.1, 0.15) is 23.0 Å². The molecule has 0 unspecified atom stereocenters. The van der Waals surface area contributed by atoms with E-state index in [4.69, 9.17) is 0 Å². The number of carbonyl (C=O) groups excluding carboxylic acids is 1. The van der Waals surface area contributed by atoms with Crippen molar-refractivity contribution >= 4 is 17.4 Å². The van der Waals surface area contributed by atoms with Gasteiger partial charge in [-0.05, 0) is 6.42 Å². The first kappa shape index (κ1) is 11.8. The lowest BCUT2D eigenvalue weighted by atomic mass is 10.2. The van der Waals surface area contributed by atoms with Crippen LogP contribution in [0.2, 0.25) is 0 Å². The van der Waals surface area contributed by atoms with Crippen LogP contribution in [0.5, 0.6) is 0 Å². The van der Waals surface area contributed by atoms with Gasteiger partial charge in [-0.2, -0.15) is 5.10 Å². The second kappa shape index (κ2) is 4.70. The monoisotopic (exact) mass is 249 g/mol. The van der Waals surface area contributed by atoms with Crippen molar-refractivity contribution in [2.45, 2.75) is 13.3 Å². The standard InChI is InChI=1S/C10H11N5O3/c1-2-6-4-12-14-9(6)13-10(16)8-3-7(5-11-8)15(17)18/h3-5,11H,2H2,1H3,(H2,12,13,14,16). The highest BCUT2D eigenvalue weighted by Crippen LogP contribution is 2.15. The summed E-state index contributed by atoms with van der Waals surface area (Å²) in [6, 6.07) is 1.18. The van der Waals surface area contributed by atoms with Crippen LogP contribution in [0.25, 0.3) is 0 Å². The number of aromatic nitrogens is 3. The maximum absolute atomic E-state index is 11.8. The van der Waals surface area contributed by atoms with E-state index in [-0.39, 0.29) is 11.4 Å². The van der Waals surface area contributed by atoms with E-state index >= 15 is 0 Å². The number of rotatable bonds is 4. The zero-order valence-electron chi connectivity index (χ0n) is 9.56. The van der Waals surface area contributed by atoms with Gasteiger partial charge < -0.3 is 10.3 Å². The van der Waals surface area contributed by atoms with Gasteiger partial charge in [0, 0.05) is 11.6 Å². The maximum Gasteiger partial charge on any atom is 0.287 e. The predicted octanol–water partition coefficient (Wildman–Crippen LogP) is 1.46. The molecule has 18 heavy (non-hydrogen) atoms. The lowest BCUT2D eigenvalue weighted by molar-refractivity contribution is -0.384. The van der Waals surface area contributed by atoms with E-state index in [1.54, 1.807) is 6.20 Å². The summed E-state index contributed by atoms with van der Waals surface area (Å²) in [6.45, 7) is 1.93. The van der Waals surface area contributed by atoms with Crippen LogP contribution in [0.15, 0.2) is 18.5 Å². The number of anilines is 1. The summed E-state index contributed by atoms with van der Waals surface area (Å²) < 4.78 is 0. The number of H-pyrrole nitrogens is 2. The van der Waals surface area contributed by atoms with Gasteiger partial charge >= 0.3 is 0 Å². The van der Waals surface area contributed by atoms with Crippen LogP contribution in [-0.4, -0.2) is 26.0 Å². The molecule has 2 aromatic heterocycles. The molecule has 8 heteroatoms. The van der Waals surface area contributed by atoms with Gasteiger partial charge in [-0.15, -0.1) is 0 Å².